The molecule has 0 aliphatic carbocycles. The molecule has 0 unspecified atom stereocenters. The van der Waals surface area contributed by atoms with E-state index in [9.17, 15) is 0 Å². The van der Waals surface area contributed by atoms with Crippen LogP contribution >= 0.6 is 12.9 Å². The Kier molecular flexibility index (Phi) is 8.67. The Morgan fingerprint density at radius 1 is 1.00 bits per heavy atom. The van der Waals surface area contributed by atoms with E-state index in [0.717, 1.165) is 13.1 Å². The van der Waals surface area contributed by atoms with Crippen molar-refractivity contribution in [2.75, 3.05) is 19.7 Å². The van der Waals surface area contributed by atoms with Crippen LogP contribution in [0, 0.1) is 5.92 Å². The van der Waals surface area contributed by atoms with Crippen LogP contribution in [0.2, 0.25) is 0 Å². The normalized spacial score (nSPS) is 12.0. The Hall–Kier alpha value is 0.230. The van der Waals surface area contributed by atoms with Gasteiger partial charge in [0.25, 0.3) is 0 Å². The first-order valence-electron chi connectivity index (χ1n) is 5.29. The highest BCUT2D eigenvalue weighted by Crippen LogP contribution is 1.98. The van der Waals surface area contributed by atoms with Gasteiger partial charge in [0.1, 0.15) is 0 Å². The van der Waals surface area contributed by atoms with Crippen LogP contribution in [-0.4, -0.2) is 31.8 Å². The molecule has 3 nitrogen and oxygen atoms in total. The fraction of sp³-hybridized carbons (Fsp3) is 1.00. The summed E-state index contributed by atoms with van der Waals surface area (Å²) in [6.45, 7) is 11.2. The molecular weight excluding hydrogens is 196 g/mol. The third kappa shape index (κ3) is 8.81. The second-order valence-corrected chi connectivity index (χ2v) is 4.55. The Balaban J connectivity index is 3.65. The van der Waals surface area contributed by atoms with Gasteiger partial charge >= 0.3 is 0 Å². The molecule has 0 radical (unpaired) electrons. The van der Waals surface area contributed by atoms with Crippen LogP contribution in [0.5, 0.6) is 0 Å². The summed E-state index contributed by atoms with van der Waals surface area (Å²) in [5.74, 6) is 0.484. The first kappa shape index (κ1) is 14.2. The Bertz CT molecular complexity index is 119. The molecule has 0 fully saturated rings. The van der Waals surface area contributed by atoms with Crippen molar-refractivity contribution in [3.63, 3.8) is 0 Å². The monoisotopic (exact) mass is 220 g/mol. The molecule has 0 aliphatic heterocycles. The van der Waals surface area contributed by atoms with Crippen LogP contribution in [0.1, 0.15) is 27.7 Å². The van der Waals surface area contributed by atoms with Crippen LogP contribution in [0.15, 0.2) is 0 Å². The van der Waals surface area contributed by atoms with Crippen LogP contribution in [0.4, 0.5) is 0 Å². The van der Waals surface area contributed by atoms with Crippen molar-refractivity contribution in [3.8, 4) is 0 Å². The van der Waals surface area contributed by atoms with Crippen LogP contribution in [0.3, 0.4) is 0 Å². The maximum Gasteiger partial charge on any atom is 0.0663 e. The number of rotatable bonds is 8. The van der Waals surface area contributed by atoms with Crippen molar-refractivity contribution in [2.24, 2.45) is 5.92 Å². The molecule has 0 aromatic heterocycles. The second-order valence-electron chi connectivity index (χ2n) is 4.29. The minimum atomic E-state index is 0.484. The minimum absolute atomic E-state index is 0.484. The molecule has 0 bridgehead atoms. The summed E-state index contributed by atoms with van der Waals surface area (Å²) >= 11 is 3.79. The quantitative estimate of drug-likeness (QED) is 0.428. The van der Waals surface area contributed by atoms with Gasteiger partial charge in [-0.1, -0.05) is 27.7 Å². The van der Waals surface area contributed by atoms with Gasteiger partial charge in [0, 0.05) is 31.1 Å². The molecule has 4 heteroatoms. The standard InChI is InChI=1S/C10H24N2OS/c1-8(2)11-5-10(7-13-14)6-12-9(3)4/h8-12,14H,5-7H2,1-4H3. The van der Waals surface area contributed by atoms with Gasteiger partial charge in [0.2, 0.25) is 0 Å². The average Bonchev–Trinajstić information content (AvgIpc) is 2.09. The summed E-state index contributed by atoms with van der Waals surface area (Å²) in [6, 6.07) is 1.05. The molecule has 0 saturated carbocycles. The van der Waals surface area contributed by atoms with Gasteiger partial charge in [-0.3, -0.25) is 0 Å². The van der Waals surface area contributed by atoms with Gasteiger partial charge in [-0.25, -0.2) is 0 Å². The highest BCUT2D eigenvalue weighted by molar-refractivity contribution is 7.75. The van der Waals surface area contributed by atoms with Crippen molar-refractivity contribution in [1.29, 1.82) is 0 Å². The molecule has 14 heavy (non-hydrogen) atoms. The van der Waals surface area contributed by atoms with Crippen LogP contribution in [0.25, 0.3) is 0 Å². The smallest absolute Gasteiger partial charge is 0.0663 e. The second kappa shape index (κ2) is 8.53. The first-order chi connectivity index (χ1) is 6.56. The molecule has 0 amide bonds. The van der Waals surface area contributed by atoms with Gasteiger partial charge in [-0.05, 0) is 12.9 Å². The van der Waals surface area contributed by atoms with Crippen molar-refractivity contribution in [3.05, 3.63) is 0 Å². The lowest BCUT2D eigenvalue weighted by molar-refractivity contribution is 0.269. The van der Waals surface area contributed by atoms with Crippen molar-refractivity contribution in [1.82, 2.24) is 10.6 Å². The molecule has 0 saturated heterocycles. The summed E-state index contributed by atoms with van der Waals surface area (Å²) in [4.78, 5) is 0. The summed E-state index contributed by atoms with van der Waals surface area (Å²) in [5, 5.41) is 6.80. The summed E-state index contributed by atoms with van der Waals surface area (Å²) in [7, 11) is 0. The number of nitrogens with one attached hydrogen (secondary N) is 2. The molecule has 0 aliphatic rings. The zero-order chi connectivity index (χ0) is 11.0. The predicted molar refractivity (Wildman–Crippen MR) is 64.7 cm³/mol. The average molecular weight is 220 g/mol. The van der Waals surface area contributed by atoms with E-state index in [1.165, 1.54) is 0 Å². The third-order valence-corrected chi connectivity index (χ3v) is 2.09. The first-order valence-corrected chi connectivity index (χ1v) is 5.66. The van der Waals surface area contributed by atoms with E-state index in [-0.39, 0.29) is 0 Å². The lowest BCUT2D eigenvalue weighted by atomic mass is 10.1. The molecule has 0 atom stereocenters. The third-order valence-electron chi connectivity index (χ3n) is 1.94. The minimum Gasteiger partial charge on any atom is -0.318 e. The summed E-state index contributed by atoms with van der Waals surface area (Å²) < 4.78 is 4.88. The van der Waals surface area contributed by atoms with Gasteiger partial charge in [0.15, 0.2) is 0 Å². The maximum absolute atomic E-state index is 4.88. The number of hydrogen-bond donors (Lipinski definition) is 3. The molecule has 0 heterocycles. The molecule has 0 rings (SSSR count). The Labute approximate surface area is 93.6 Å². The molecular formula is C10H24N2OS. The molecule has 0 spiro atoms. The maximum atomic E-state index is 4.88. The molecule has 0 aromatic carbocycles. The van der Waals surface area contributed by atoms with Crippen LogP contribution < -0.4 is 10.6 Å². The predicted octanol–water partition coefficient (Wildman–Crippen LogP) is 1.46. The SMILES string of the molecule is CC(C)NCC(CNC(C)C)COS. The van der Waals surface area contributed by atoms with E-state index < -0.39 is 0 Å². The number of hydrogen-bond acceptors (Lipinski definition) is 4. The number of thiol groups is 1. The molecule has 2 N–H and O–H groups in total. The van der Waals surface area contributed by atoms with Gasteiger partial charge in [-0.15, -0.1) is 0 Å². The zero-order valence-electron chi connectivity index (χ0n) is 9.71. The molecule has 0 aromatic rings. The fourth-order valence-corrected chi connectivity index (χ4v) is 1.31. The van der Waals surface area contributed by atoms with Crippen molar-refractivity contribution in [2.45, 2.75) is 39.8 Å². The largest absolute Gasteiger partial charge is 0.318 e. The molecule has 86 valence electrons. The van der Waals surface area contributed by atoms with E-state index in [2.05, 4.69) is 51.2 Å². The lowest BCUT2D eigenvalue weighted by Crippen LogP contribution is -2.38. The summed E-state index contributed by atoms with van der Waals surface area (Å²) in [5.41, 5.74) is 0. The van der Waals surface area contributed by atoms with E-state index in [0.29, 0.717) is 24.6 Å². The fourth-order valence-electron chi connectivity index (χ4n) is 1.10. The Morgan fingerprint density at radius 2 is 1.43 bits per heavy atom. The van der Waals surface area contributed by atoms with Crippen LogP contribution in [-0.2, 0) is 4.18 Å². The topological polar surface area (TPSA) is 33.3 Å². The van der Waals surface area contributed by atoms with Gasteiger partial charge < -0.3 is 14.8 Å². The van der Waals surface area contributed by atoms with E-state index >= 15 is 0 Å². The van der Waals surface area contributed by atoms with E-state index in [1.807, 2.05) is 0 Å². The van der Waals surface area contributed by atoms with Gasteiger partial charge in [0.05, 0.1) is 6.61 Å². The van der Waals surface area contributed by atoms with Gasteiger partial charge in [-0.2, -0.15) is 0 Å². The van der Waals surface area contributed by atoms with Crippen molar-refractivity contribution >= 4 is 12.9 Å². The summed E-state index contributed by atoms with van der Waals surface area (Å²) in [6.07, 6.45) is 0. The highest BCUT2D eigenvalue weighted by Gasteiger charge is 2.09. The Morgan fingerprint density at radius 3 is 1.71 bits per heavy atom. The van der Waals surface area contributed by atoms with E-state index in [4.69, 9.17) is 4.18 Å². The zero-order valence-corrected chi connectivity index (χ0v) is 10.6. The van der Waals surface area contributed by atoms with E-state index in [1.54, 1.807) is 0 Å². The lowest BCUT2D eigenvalue weighted by Gasteiger charge is -2.19. The highest BCUT2D eigenvalue weighted by atomic mass is 32.1. The van der Waals surface area contributed by atoms with Crippen molar-refractivity contribution < 1.29 is 4.18 Å².